The topological polar surface area (TPSA) is 61.4 Å². The molecule has 25 heavy (non-hydrogen) atoms. The Morgan fingerprint density at radius 3 is 2.56 bits per heavy atom. The molecule has 0 radical (unpaired) electrons. The van der Waals surface area contributed by atoms with Gasteiger partial charge < -0.3 is 15.5 Å². The fraction of sp³-hybridized carbons (Fsp3) is 0.556. The Balaban J connectivity index is 1.46. The summed E-state index contributed by atoms with van der Waals surface area (Å²) in [7, 11) is 0. The van der Waals surface area contributed by atoms with Crippen LogP contribution in [-0.2, 0) is 16.0 Å². The number of nitrogens with zero attached hydrogens (tertiary/aromatic N) is 1. The maximum absolute atomic E-state index is 12.3. The van der Waals surface area contributed by atoms with Gasteiger partial charge in [-0.15, -0.1) is 0 Å². The fourth-order valence-electron chi connectivity index (χ4n) is 2.99. The summed E-state index contributed by atoms with van der Waals surface area (Å²) >= 11 is 3.79. The first-order chi connectivity index (χ1) is 12.2. The Morgan fingerprint density at radius 2 is 1.88 bits per heavy atom. The van der Waals surface area contributed by atoms with Crippen LogP contribution in [0.2, 0.25) is 0 Å². The van der Waals surface area contributed by atoms with E-state index in [9.17, 15) is 9.59 Å². The minimum atomic E-state index is 0.0367. The summed E-state index contributed by atoms with van der Waals surface area (Å²) in [5, 5.41) is 6.32. The SMILES string of the molecule is O=C(CC1CSCCN1)Nc1ccc(CC(=O)N2CCSCC2)cc1. The van der Waals surface area contributed by atoms with E-state index in [1.807, 2.05) is 52.7 Å². The molecule has 2 saturated heterocycles. The van der Waals surface area contributed by atoms with Crippen molar-refractivity contribution in [2.45, 2.75) is 18.9 Å². The number of thioether (sulfide) groups is 2. The predicted molar refractivity (Wildman–Crippen MR) is 106 cm³/mol. The molecule has 0 bridgehead atoms. The van der Waals surface area contributed by atoms with Crippen molar-refractivity contribution in [2.24, 2.45) is 0 Å². The summed E-state index contributed by atoms with van der Waals surface area (Å²) in [6.07, 6.45) is 0.933. The second kappa shape index (κ2) is 9.50. The summed E-state index contributed by atoms with van der Waals surface area (Å²) < 4.78 is 0. The van der Waals surface area contributed by atoms with Crippen molar-refractivity contribution in [1.82, 2.24) is 10.2 Å². The Hall–Kier alpha value is -1.18. The molecule has 0 spiro atoms. The van der Waals surface area contributed by atoms with Gasteiger partial charge in [-0.3, -0.25) is 9.59 Å². The number of rotatable bonds is 5. The van der Waals surface area contributed by atoms with E-state index in [0.717, 1.165) is 53.9 Å². The van der Waals surface area contributed by atoms with Crippen LogP contribution in [0.1, 0.15) is 12.0 Å². The minimum absolute atomic E-state index is 0.0367. The molecule has 1 aromatic carbocycles. The highest BCUT2D eigenvalue weighted by Crippen LogP contribution is 2.15. The molecule has 2 amide bonds. The molecule has 0 saturated carbocycles. The first-order valence-corrected chi connectivity index (χ1v) is 11.1. The molecule has 2 N–H and O–H groups in total. The fourth-order valence-corrected chi connectivity index (χ4v) is 4.84. The van der Waals surface area contributed by atoms with Gasteiger partial charge in [0, 0.05) is 60.8 Å². The lowest BCUT2D eigenvalue weighted by Gasteiger charge is -2.26. The van der Waals surface area contributed by atoms with Crippen LogP contribution in [0, 0.1) is 0 Å². The normalized spacial score (nSPS) is 21.0. The monoisotopic (exact) mass is 379 g/mol. The van der Waals surface area contributed by atoms with Crippen molar-refractivity contribution in [2.75, 3.05) is 48.0 Å². The van der Waals surface area contributed by atoms with Crippen LogP contribution in [-0.4, -0.2) is 65.4 Å². The van der Waals surface area contributed by atoms with Gasteiger partial charge in [0.05, 0.1) is 6.42 Å². The van der Waals surface area contributed by atoms with Gasteiger partial charge in [0.25, 0.3) is 0 Å². The molecule has 2 fully saturated rings. The number of carbonyl (C=O) groups is 2. The van der Waals surface area contributed by atoms with Crippen LogP contribution in [0.3, 0.4) is 0 Å². The van der Waals surface area contributed by atoms with Crippen molar-refractivity contribution in [3.05, 3.63) is 29.8 Å². The van der Waals surface area contributed by atoms with Gasteiger partial charge in [0.2, 0.25) is 11.8 Å². The van der Waals surface area contributed by atoms with Crippen LogP contribution in [0.15, 0.2) is 24.3 Å². The van der Waals surface area contributed by atoms with Crippen molar-refractivity contribution in [1.29, 1.82) is 0 Å². The molecule has 0 aliphatic carbocycles. The number of hydrogen-bond donors (Lipinski definition) is 2. The lowest BCUT2D eigenvalue weighted by atomic mass is 10.1. The number of amides is 2. The number of hydrogen-bond acceptors (Lipinski definition) is 5. The van der Waals surface area contributed by atoms with E-state index in [0.29, 0.717) is 12.8 Å². The van der Waals surface area contributed by atoms with E-state index in [1.54, 1.807) is 0 Å². The molecule has 2 aliphatic rings. The summed E-state index contributed by atoms with van der Waals surface area (Å²) in [5.41, 5.74) is 1.78. The van der Waals surface area contributed by atoms with E-state index < -0.39 is 0 Å². The third kappa shape index (κ3) is 5.94. The maximum atomic E-state index is 12.3. The molecule has 5 nitrogen and oxygen atoms in total. The molecule has 0 aromatic heterocycles. The first kappa shape index (κ1) is 18.6. The summed E-state index contributed by atoms with van der Waals surface area (Å²) in [6.45, 7) is 2.68. The molecular formula is C18H25N3O2S2. The van der Waals surface area contributed by atoms with E-state index in [2.05, 4.69) is 10.6 Å². The van der Waals surface area contributed by atoms with Crippen LogP contribution in [0.25, 0.3) is 0 Å². The number of anilines is 1. The zero-order chi connectivity index (χ0) is 17.5. The van der Waals surface area contributed by atoms with Crippen LogP contribution >= 0.6 is 23.5 Å². The quantitative estimate of drug-likeness (QED) is 0.817. The van der Waals surface area contributed by atoms with Gasteiger partial charge in [-0.25, -0.2) is 0 Å². The predicted octanol–water partition coefficient (Wildman–Crippen LogP) is 1.84. The molecule has 1 aromatic rings. The second-order valence-corrected chi connectivity index (χ2v) is 8.72. The average molecular weight is 380 g/mol. The third-order valence-electron chi connectivity index (χ3n) is 4.39. The molecule has 136 valence electrons. The number of benzene rings is 1. The third-order valence-corrected chi connectivity index (χ3v) is 6.46. The highest BCUT2D eigenvalue weighted by Gasteiger charge is 2.18. The Kier molecular flexibility index (Phi) is 7.07. The van der Waals surface area contributed by atoms with E-state index in [-0.39, 0.29) is 17.9 Å². The molecular weight excluding hydrogens is 354 g/mol. The van der Waals surface area contributed by atoms with Gasteiger partial charge in [-0.2, -0.15) is 23.5 Å². The van der Waals surface area contributed by atoms with Crippen LogP contribution < -0.4 is 10.6 Å². The van der Waals surface area contributed by atoms with Crippen molar-refractivity contribution in [3.8, 4) is 0 Å². The van der Waals surface area contributed by atoms with Gasteiger partial charge >= 0.3 is 0 Å². The van der Waals surface area contributed by atoms with Crippen molar-refractivity contribution < 1.29 is 9.59 Å². The standard InChI is InChI=1S/C18H25N3O2S2/c22-17(12-16-13-25-8-5-19-16)20-15-3-1-14(2-4-15)11-18(23)21-6-9-24-10-7-21/h1-4,16,19H,5-13H2,(H,20,22). The average Bonchev–Trinajstić information content (AvgIpc) is 2.65. The summed E-state index contributed by atoms with van der Waals surface area (Å²) in [4.78, 5) is 26.4. The minimum Gasteiger partial charge on any atom is -0.341 e. The highest BCUT2D eigenvalue weighted by atomic mass is 32.2. The van der Waals surface area contributed by atoms with Gasteiger partial charge in [-0.1, -0.05) is 12.1 Å². The number of carbonyl (C=O) groups excluding carboxylic acids is 2. The van der Waals surface area contributed by atoms with E-state index in [4.69, 9.17) is 0 Å². The van der Waals surface area contributed by atoms with E-state index >= 15 is 0 Å². The van der Waals surface area contributed by atoms with E-state index in [1.165, 1.54) is 0 Å². The molecule has 2 heterocycles. The zero-order valence-electron chi connectivity index (χ0n) is 14.3. The second-order valence-electron chi connectivity index (χ2n) is 6.35. The summed E-state index contributed by atoms with van der Waals surface area (Å²) in [6, 6.07) is 7.89. The zero-order valence-corrected chi connectivity index (χ0v) is 16.0. The first-order valence-electron chi connectivity index (χ1n) is 8.76. The van der Waals surface area contributed by atoms with Crippen LogP contribution in [0.4, 0.5) is 5.69 Å². The van der Waals surface area contributed by atoms with Gasteiger partial charge in [-0.05, 0) is 17.7 Å². The molecule has 3 rings (SSSR count). The van der Waals surface area contributed by atoms with Crippen LogP contribution in [0.5, 0.6) is 0 Å². The molecule has 2 aliphatic heterocycles. The lowest BCUT2D eigenvalue weighted by Crippen LogP contribution is -2.39. The molecule has 1 unspecified atom stereocenters. The highest BCUT2D eigenvalue weighted by molar-refractivity contribution is 7.99. The van der Waals surface area contributed by atoms with Crippen molar-refractivity contribution in [3.63, 3.8) is 0 Å². The van der Waals surface area contributed by atoms with Gasteiger partial charge in [0.1, 0.15) is 0 Å². The molecule has 7 heteroatoms. The summed E-state index contributed by atoms with van der Waals surface area (Å²) in [5.74, 6) is 4.40. The Labute approximate surface area is 157 Å². The number of nitrogens with one attached hydrogen (secondary N) is 2. The molecule has 1 atom stereocenters. The van der Waals surface area contributed by atoms with Crippen molar-refractivity contribution >= 4 is 41.0 Å². The largest absolute Gasteiger partial charge is 0.341 e. The lowest BCUT2D eigenvalue weighted by molar-refractivity contribution is -0.130. The maximum Gasteiger partial charge on any atom is 0.227 e. The Bertz CT molecular complexity index is 582. The van der Waals surface area contributed by atoms with Gasteiger partial charge in [0.15, 0.2) is 0 Å². The smallest absolute Gasteiger partial charge is 0.227 e. The Morgan fingerprint density at radius 1 is 1.12 bits per heavy atom.